The van der Waals surface area contributed by atoms with Gasteiger partial charge in [-0.1, -0.05) is 15.9 Å². The van der Waals surface area contributed by atoms with Gasteiger partial charge in [0.15, 0.2) is 11.4 Å². The number of aromatic nitrogens is 1. The average molecular weight is 440 g/mol. The molecule has 18 heavy (non-hydrogen) atoms. The van der Waals surface area contributed by atoms with E-state index in [1.165, 1.54) is 0 Å². The van der Waals surface area contributed by atoms with E-state index >= 15 is 0 Å². The van der Waals surface area contributed by atoms with Crippen molar-refractivity contribution in [1.29, 1.82) is 0 Å². The number of halogens is 5. The van der Waals surface area contributed by atoms with E-state index in [0.29, 0.717) is 0 Å². The number of rotatable bonds is 3. The molecule has 0 N–H and O–H groups in total. The summed E-state index contributed by atoms with van der Waals surface area (Å²) in [4.78, 5) is 15.1. The molecule has 0 aliphatic rings. The minimum Gasteiger partial charge on any atom is -0.464 e. The van der Waals surface area contributed by atoms with Crippen LogP contribution in [0.25, 0.3) is 0 Å². The summed E-state index contributed by atoms with van der Waals surface area (Å²) in [5.74, 6) is -1.28. The van der Waals surface area contributed by atoms with Gasteiger partial charge in [0.05, 0.1) is 10.7 Å². The van der Waals surface area contributed by atoms with Crippen LogP contribution >= 0.6 is 38.5 Å². The molecule has 0 atom stereocenters. The Morgan fingerprint density at radius 1 is 1.56 bits per heavy atom. The van der Waals surface area contributed by atoms with Crippen LogP contribution < -0.4 is 4.74 Å². The molecule has 0 fully saturated rings. The number of esters is 1. The summed E-state index contributed by atoms with van der Waals surface area (Å²) < 4.78 is 45.1. The lowest BCUT2D eigenvalue weighted by molar-refractivity contribution is -0.275. The number of nitrogens with zero attached hydrogens (tertiary/aromatic N) is 1. The molecule has 1 rings (SSSR count). The maximum atomic E-state index is 12.3. The third kappa shape index (κ3) is 3.70. The molecule has 1 aromatic rings. The van der Waals surface area contributed by atoms with Crippen molar-refractivity contribution >= 4 is 44.5 Å². The first-order chi connectivity index (χ1) is 8.30. The number of carbonyl (C=O) groups excluding carboxylic acids is 1. The molecule has 9 heteroatoms. The summed E-state index contributed by atoms with van der Waals surface area (Å²) in [7, 11) is 1.11. The highest BCUT2D eigenvalue weighted by Crippen LogP contribution is 2.33. The van der Waals surface area contributed by atoms with Crippen molar-refractivity contribution in [2.24, 2.45) is 0 Å². The molecule has 0 aliphatic heterocycles. The average Bonchev–Trinajstić information content (AvgIpc) is 2.29. The Bertz CT molecular complexity index is 467. The highest BCUT2D eigenvalue weighted by atomic mass is 127. The maximum Gasteiger partial charge on any atom is 0.573 e. The molecular weight excluding hydrogens is 434 g/mol. The highest BCUT2D eigenvalue weighted by molar-refractivity contribution is 14.1. The maximum absolute atomic E-state index is 12.3. The summed E-state index contributed by atoms with van der Waals surface area (Å²) in [5.41, 5.74) is -0.0357. The van der Waals surface area contributed by atoms with Crippen molar-refractivity contribution in [2.45, 2.75) is 11.7 Å². The molecule has 0 amide bonds. The quantitative estimate of drug-likeness (QED) is 0.412. The number of pyridine rings is 1. The zero-order chi connectivity index (χ0) is 13.9. The predicted octanol–water partition coefficient (Wildman–Crippen LogP) is 3.27. The third-order valence-electron chi connectivity index (χ3n) is 1.79. The van der Waals surface area contributed by atoms with E-state index in [9.17, 15) is 18.0 Å². The zero-order valence-corrected chi connectivity index (χ0v) is 12.6. The van der Waals surface area contributed by atoms with Crippen LogP contribution in [0.2, 0.25) is 0 Å². The van der Waals surface area contributed by atoms with Gasteiger partial charge in [0.1, 0.15) is 0 Å². The fourth-order valence-corrected chi connectivity index (χ4v) is 2.28. The van der Waals surface area contributed by atoms with Gasteiger partial charge in [0.25, 0.3) is 0 Å². The molecule has 0 unspecified atom stereocenters. The van der Waals surface area contributed by atoms with E-state index < -0.39 is 18.1 Å². The second-order valence-electron chi connectivity index (χ2n) is 2.95. The van der Waals surface area contributed by atoms with Gasteiger partial charge in [-0.15, -0.1) is 13.2 Å². The highest BCUT2D eigenvalue weighted by Gasteiger charge is 2.34. The molecule has 0 radical (unpaired) electrons. The lowest BCUT2D eigenvalue weighted by Crippen LogP contribution is -2.20. The summed E-state index contributed by atoms with van der Waals surface area (Å²) in [6, 6.07) is 0. The smallest absolute Gasteiger partial charge is 0.464 e. The molecule has 4 nitrogen and oxygen atoms in total. The molecule has 0 saturated carbocycles. The third-order valence-corrected chi connectivity index (χ3v) is 3.39. The van der Waals surface area contributed by atoms with Gasteiger partial charge < -0.3 is 9.47 Å². The van der Waals surface area contributed by atoms with E-state index in [-0.39, 0.29) is 20.2 Å². The largest absolute Gasteiger partial charge is 0.573 e. The fourth-order valence-electron chi connectivity index (χ4n) is 1.07. The van der Waals surface area contributed by atoms with Gasteiger partial charge >= 0.3 is 12.3 Å². The minimum absolute atomic E-state index is 0.0475. The molecule has 0 bridgehead atoms. The van der Waals surface area contributed by atoms with Gasteiger partial charge in [0.2, 0.25) is 0 Å². The summed E-state index contributed by atoms with van der Waals surface area (Å²) in [6.45, 7) is 0. The Morgan fingerprint density at radius 2 is 2.17 bits per heavy atom. The van der Waals surface area contributed by atoms with Crippen molar-refractivity contribution in [1.82, 2.24) is 4.98 Å². The molecule has 1 aromatic heterocycles. The van der Waals surface area contributed by atoms with E-state index in [4.69, 9.17) is 0 Å². The predicted molar refractivity (Wildman–Crippen MR) is 67.6 cm³/mol. The van der Waals surface area contributed by atoms with Crippen LogP contribution in [0, 0.1) is 3.57 Å². The summed E-state index contributed by atoms with van der Waals surface area (Å²) >= 11 is 4.58. The number of hydrogen-bond donors (Lipinski definition) is 0. The molecule has 100 valence electrons. The number of alkyl halides is 4. The van der Waals surface area contributed by atoms with Crippen LogP contribution in [0.4, 0.5) is 13.2 Å². The number of methoxy groups -OCH3 is 1. The number of ether oxygens (including phenoxy) is 2. The van der Waals surface area contributed by atoms with Gasteiger partial charge in [-0.3, -0.25) is 0 Å². The molecular formula is C9H6BrF3INO3. The van der Waals surface area contributed by atoms with Crippen molar-refractivity contribution in [3.63, 3.8) is 0 Å². The first-order valence-corrected chi connectivity index (χ1v) is 6.57. The molecule has 0 saturated heterocycles. The van der Waals surface area contributed by atoms with Crippen molar-refractivity contribution in [2.75, 3.05) is 7.11 Å². The van der Waals surface area contributed by atoms with Crippen molar-refractivity contribution < 1.29 is 27.4 Å². The Labute approximate surface area is 122 Å². The van der Waals surface area contributed by atoms with E-state index in [2.05, 4.69) is 30.4 Å². The first-order valence-electron chi connectivity index (χ1n) is 4.37. The fraction of sp³-hybridized carbons (Fsp3) is 0.333. The van der Waals surface area contributed by atoms with Crippen LogP contribution in [0.3, 0.4) is 0 Å². The molecule has 0 spiro atoms. The number of carbonyl (C=O) groups is 1. The molecule has 1 heterocycles. The first kappa shape index (κ1) is 15.5. The lowest BCUT2D eigenvalue weighted by atomic mass is 10.2. The SMILES string of the molecule is COC(=O)c1ncc(CBr)c(OC(F)(F)F)c1I. The normalized spacial score (nSPS) is 11.2. The second-order valence-corrected chi connectivity index (χ2v) is 4.59. The van der Waals surface area contributed by atoms with E-state index in [1.54, 1.807) is 22.6 Å². The van der Waals surface area contributed by atoms with Crippen LogP contribution in [0.5, 0.6) is 5.75 Å². The van der Waals surface area contributed by atoms with Gasteiger partial charge in [-0.05, 0) is 22.6 Å². The Kier molecular flexibility index (Phi) is 5.20. The van der Waals surface area contributed by atoms with Crippen LogP contribution in [0.15, 0.2) is 6.20 Å². The monoisotopic (exact) mass is 439 g/mol. The topological polar surface area (TPSA) is 48.4 Å². The van der Waals surface area contributed by atoms with Crippen molar-refractivity contribution in [3.8, 4) is 5.75 Å². The molecule has 0 aromatic carbocycles. The van der Waals surface area contributed by atoms with Gasteiger partial charge in [-0.2, -0.15) is 0 Å². The Balaban J connectivity index is 3.31. The van der Waals surface area contributed by atoms with Crippen LogP contribution in [0.1, 0.15) is 16.1 Å². The Hall–Kier alpha value is -0.580. The Morgan fingerprint density at radius 3 is 2.61 bits per heavy atom. The van der Waals surface area contributed by atoms with E-state index in [0.717, 1.165) is 13.3 Å². The van der Waals surface area contributed by atoms with Crippen LogP contribution in [-0.4, -0.2) is 24.4 Å². The van der Waals surface area contributed by atoms with Gasteiger partial charge in [-0.25, -0.2) is 9.78 Å². The standard InChI is InChI=1S/C9H6BrF3INO3/c1-17-8(16)6-5(14)7(18-9(11,12)13)4(2-10)3-15-6/h3H,2H2,1H3. The minimum atomic E-state index is -4.84. The molecule has 0 aliphatic carbocycles. The second kappa shape index (κ2) is 6.04. The summed E-state index contributed by atoms with van der Waals surface area (Å²) in [6.07, 6.45) is -3.71. The zero-order valence-electron chi connectivity index (χ0n) is 8.85. The van der Waals surface area contributed by atoms with Gasteiger partial charge in [0, 0.05) is 17.1 Å². The number of hydrogen-bond acceptors (Lipinski definition) is 4. The lowest BCUT2D eigenvalue weighted by Gasteiger charge is -2.15. The van der Waals surface area contributed by atoms with E-state index in [1.807, 2.05) is 0 Å². The van der Waals surface area contributed by atoms with Crippen molar-refractivity contribution in [3.05, 3.63) is 21.0 Å². The summed E-state index contributed by atoms with van der Waals surface area (Å²) in [5, 5.41) is 0.114. The van der Waals surface area contributed by atoms with Crippen LogP contribution in [-0.2, 0) is 10.1 Å².